The summed E-state index contributed by atoms with van der Waals surface area (Å²) in [5.74, 6) is -0.429. The van der Waals surface area contributed by atoms with Gasteiger partial charge in [0, 0.05) is 19.5 Å². The minimum atomic E-state index is -4.70. The maximum Gasteiger partial charge on any atom is 0.573 e. The van der Waals surface area contributed by atoms with Gasteiger partial charge in [-0.3, -0.25) is 4.79 Å². The van der Waals surface area contributed by atoms with E-state index in [2.05, 4.69) is 10.1 Å². The second-order valence-electron chi connectivity index (χ2n) is 5.71. The molecule has 1 amide bonds. The molecule has 1 N–H and O–H groups in total. The summed E-state index contributed by atoms with van der Waals surface area (Å²) in [6, 6.07) is 12.6. The second kappa shape index (κ2) is 8.91. The van der Waals surface area contributed by atoms with Gasteiger partial charge in [0.25, 0.3) is 0 Å². The highest BCUT2D eigenvalue weighted by atomic mass is 35.5. The van der Waals surface area contributed by atoms with Crippen molar-refractivity contribution in [3.05, 3.63) is 59.1 Å². The number of benzene rings is 2. The summed E-state index contributed by atoms with van der Waals surface area (Å²) < 4.78 is 40.2. The number of rotatable bonds is 7. The van der Waals surface area contributed by atoms with Crippen LogP contribution in [-0.2, 0) is 11.3 Å². The third-order valence-corrected chi connectivity index (χ3v) is 3.81. The second-order valence-corrected chi connectivity index (χ2v) is 6.11. The summed E-state index contributed by atoms with van der Waals surface area (Å²) in [5.41, 5.74) is 1.37. The molecular formula is C18H18ClF3N2O2. The monoisotopic (exact) mass is 386 g/mol. The van der Waals surface area contributed by atoms with E-state index in [1.165, 1.54) is 12.1 Å². The number of carbonyl (C=O) groups is 1. The van der Waals surface area contributed by atoms with E-state index in [9.17, 15) is 18.0 Å². The number of para-hydroxylation sites is 1. The molecular weight excluding hydrogens is 369 g/mol. The molecule has 0 aliphatic heterocycles. The molecule has 0 aliphatic carbocycles. The summed E-state index contributed by atoms with van der Waals surface area (Å²) in [6.45, 7) is 0.975. The zero-order chi connectivity index (χ0) is 19.2. The Kier molecular flexibility index (Phi) is 6.88. The Balaban J connectivity index is 1.78. The van der Waals surface area contributed by atoms with Crippen molar-refractivity contribution in [2.45, 2.75) is 19.3 Å². The molecule has 2 rings (SSSR count). The van der Waals surface area contributed by atoms with Crippen LogP contribution >= 0.6 is 11.6 Å². The molecule has 0 fully saturated rings. The van der Waals surface area contributed by atoms with E-state index in [1.807, 2.05) is 11.9 Å². The van der Waals surface area contributed by atoms with Gasteiger partial charge in [0.15, 0.2) is 0 Å². The van der Waals surface area contributed by atoms with Crippen molar-refractivity contribution in [2.75, 3.05) is 18.9 Å². The summed E-state index contributed by atoms with van der Waals surface area (Å²) >= 11 is 5.99. The van der Waals surface area contributed by atoms with Crippen LogP contribution in [0.2, 0.25) is 5.02 Å². The van der Waals surface area contributed by atoms with Crippen LogP contribution in [0.1, 0.15) is 12.0 Å². The molecule has 8 heteroatoms. The highest BCUT2D eigenvalue weighted by Crippen LogP contribution is 2.23. The van der Waals surface area contributed by atoms with Crippen molar-refractivity contribution in [3.63, 3.8) is 0 Å². The standard InChI is InChI=1S/C18H18ClF3N2O2/c1-24(11-10-17(25)23-16-5-3-2-4-15(16)19)12-13-6-8-14(9-7-13)26-18(20,21)22/h2-9H,10-12H2,1H3,(H,23,25). The van der Waals surface area contributed by atoms with E-state index >= 15 is 0 Å². The number of hydrogen-bond acceptors (Lipinski definition) is 3. The summed E-state index contributed by atoms with van der Waals surface area (Å²) in [5, 5.41) is 3.21. The first-order valence-electron chi connectivity index (χ1n) is 7.80. The Morgan fingerprint density at radius 2 is 1.81 bits per heavy atom. The maximum absolute atomic E-state index is 12.1. The van der Waals surface area contributed by atoms with Crippen molar-refractivity contribution < 1.29 is 22.7 Å². The van der Waals surface area contributed by atoms with Crippen LogP contribution < -0.4 is 10.1 Å². The van der Waals surface area contributed by atoms with Gasteiger partial charge in [-0.1, -0.05) is 35.9 Å². The van der Waals surface area contributed by atoms with Crippen LogP contribution in [0.3, 0.4) is 0 Å². The number of nitrogens with zero attached hydrogens (tertiary/aromatic N) is 1. The molecule has 0 unspecified atom stereocenters. The Labute approximate surface area is 154 Å². The van der Waals surface area contributed by atoms with Gasteiger partial charge in [0.05, 0.1) is 10.7 Å². The van der Waals surface area contributed by atoms with E-state index in [0.29, 0.717) is 23.8 Å². The van der Waals surface area contributed by atoms with E-state index < -0.39 is 6.36 Å². The molecule has 140 valence electrons. The van der Waals surface area contributed by atoms with Crippen LogP contribution in [0.15, 0.2) is 48.5 Å². The number of nitrogens with one attached hydrogen (secondary N) is 1. The number of hydrogen-bond donors (Lipinski definition) is 1. The first-order chi connectivity index (χ1) is 12.2. The summed E-state index contributed by atoms with van der Waals surface area (Å²) in [6.07, 6.45) is -4.44. The largest absolute Gasteiger partial charge is 0.573 e. The zero-order valence-corrected chi connectivity index (χ0v) is 14.8. The first kappa shape index (κ1) is 20.1. The summed E-state index contributed by atoms with van der Waals surface area (Å²) in [7, 11) is 1.82. The SMILES string of the molecule is CN(CCC(=O)Nc1ccccc1Cl)Cc1ccc(OC(F)(F)F)cc1. The Morgan fingerprint density at radius 3 is 2.42 bits per heavy atom. The minimum Gasteiger partial charge on any atom is -0.406 e. The Bertz CT molecular complexity index is 736. The zero-order valence-electron chi connectivity index (χ0n) is 14.0. The van der Waals surface area contributed by atoms with Crippen molar-refractivity contribution in [2.24, 2.45) is 0 Å². The minimum absolute atomic E-state index is 0.168. The topological polar surface area (TPSA) is 41.6 Å². The lowest BCUT2D eigenvalue weighted by Crippen LogP contribution is -2.24. The number of carbonyl (C=O) groups excluding carboxylic acids is 1. The smallest absolute Gasteiger partial charge is 0.406 e. The predicted octanol–water partition coefficient (Wildman–Crippen LogP) is 4.70. The van der Waals surface area contributed by atoms with Crippen LogP contribution in [0.25, 0.3) is 0 Å². The normalized spacial score (nSPS) is 11.5. The van der Waals surface area contributed by atoms with E-state index in [4.69, 9.17) is 11.6 Å². The van der Waals surface area contributed by atoms with E-state index in [0.717, 1.165) is 5.56 Å². The molecule has 4 nitrogen and oxygen atoms in total. The highest BCUT2D eigenvalue weighted by Gasteiger charge is 2.30. The molecule has 26 heavy (non-hydrogen) atoms. The van der Waals surface area contributed by atoms with Crippen molar-refractivity contribution in [3.8, 4) is 5.75 Å². The lowest BCUT2D eigenvalue weighted by Gasteiger charge is -2.17. The van der Waals surface area contributed by atoms with Gasteiger partial charge in [-0.25, -0.2) is 0 Å². The van der Waals surface area contributed by atoms with Gasteiger partial charge >= 0.3 is 6.36 Å². The quantitative estimate of drug-likeness (QED) is 0.750. The van der Waals surface area contributed by atoms with Crippen molar-refractivity contribution >= 4 is 23.2 Å². The third-order valence-electron chi connectivity index (χ3n) is 3.48. The highest BCUT2D eigenvalue weighted by molar-refractivity contribution is 6.33. The number of ether oxygens (including phenoxy) is 1. The molecule has 0 saturated heterocycles. The number of alkyl halides is 3. The average molecular weight is 387 g/mol. The fourth-order valence-corrected chi connectivity index (χ4v) is 2.44. The molecule has 2 aromatic carbocycles. The van der Waals surface area contributed by atoms with Gasteiger partial charge in [-0.15, -0.1) is 13.2 Å². The molecule has 0 aliphatic rings. The number of anilines is 1. The molecule has 0 heterocycles. The Morgan fingerprint density at radius 1 is 1.15 bits per heavy atom. The number of amides is 1. The number of halogens is 4. The molecule has 0 bridgehead atoms. The molecule has 0 atom stereocenters. The lowest BCUT2D eigenvalue weighted by atomic mass is 10.2. The molecule has 0 saturated carbocycles. The molecule has 0 spiro atoms. The van der Waals surface area contributed by atoms with E-state index in [1.54, 1.807) is 36.4 Å². The van der Waals surface area contributed by atoms with Crippen LogP contribution in [-0.4, -0.2) is 30.8 Å². The fourth-order valence-electron chi connectivity index (χ4n) is 2.25. The van der Waals surface area contributed by atoms with Crippen LogP contribution in [0, 0.1) is 0 Å². The average Bonchev–Trinajstić information content (AvgIpc) is 2.56. The third kappa shape index (κ3) is 6.93. The van der Waals surface area contributed by atoms with E-state index in [-0.39, 0.29) is 18.1 Å². The first-order valence-corrected chi connectivity index (χ1v) is 8.18. The van der Waals surface area contributed by atoms with Gasteiger partial charge in [0.1, 0.15) is 5.75 Å². The van der Waals surface area contributed by atoms with Gasteiger partial charge in [-0.2, -0.15) is 0 Å². The van der Waals surface area contributed by atoms with Crippen LogP contribution in [0.4, 0.5) is 18.9 Å². The summed E-state index contributed by atoms with van der Waals surface area (Å²) in [4.78, 5) is 13.9. The molecule has 0 radical (unpaired) electrons. The lowest BCUT2D eigenvalue weighted by molar-refractivity contribution is -0.274. The van der Waals surface area contributed by atoms with Gasteiger partial charge < -0.3 is 15.0 Å². The fraction of sp³-hybridized carbons (Fsp3) is 0.278. The van der Waals surface area contributed by atoms with Crippen molar-refractivity contribution in [1.29, 1.82) is 0 Å². The van der Waals surface area contributed by atoms with Gasteiger partial charge in [0.2, 0.25) is 5.91 Å². The van der Waals surface area contributed by atoms with Gasteiger partial charge in [-0.05, 0) is 36.9 Å². The van der Waals surface area contributed by atoms with Crippen LogP contribution in [0.5, 0.6) is 5.75 Å². The molecule has 2 aromatic rings. The molecule has 0 aromatic heterocycles. The van der Waals surface area contributed by atoms with Crippen molar-refractivity contribution in [1.82, 2.24) is 4.90 Å². The maximum atomic E-state index is 12.1. The Hall–Kier alpha value is -2.25. The predicted molar refractivity (Wildman–Crippen MR) is 94.2 cm³/mol.